The number of aromatic nitrogens is 2. The van der Waals surface area contributed by atoms with Crippen LogP contribution in [0.15, 0.2) is 18.5 Å². The second kappa shape index (κ2) is 5.99. The number of nitrogens with zero attached hydrogens (tertiary/aromatic N) is 4. The fourth-order valence-electron chi connectivity index (χ4n) is 1.67. The molecule has 2 aromatic heterocycles. The second-order valence-corrected chi connectivity index (χ2v) is 5.66. The third-order valence-corrected chi connectivity index (χ3v) is 3.72. The zero-order valence-electron chi connectivity index (χ0n) is 10.4. The van der Waals surface area contributed by atoms with Crippen LogP contribution in [-0.4, -0.2) is 21.9 Å². The summed E-state index contributed by atoms with van der Waals surface area (Å²) >= 11 is 7.26. The van der Waals surface area contributed by atoms with Gasteiger partial charge in [0.2, 0.25) is 11.6 Å². The summed E-state index contributed by atoms with van der Waals surface area (Å²) in [7, 11) is 1.70. The topological polar surface area (TPSA) is 110 Å². The largest absolute Gasteiger partial charge is 0.354 e. The molecule has 0 saturated carbocycles. The monoisotopic (exact) mass is 314 g/mol. The zero-order valence-corrected chi connectivity index (χ0v) is 12.0. The Bertz CT molecular complexity index is 634. The Morgan fingerprint density at radius 2 is 2.30 bits per heavy atom. The van der Waals surface area contributed by atoms with Crippen LogP contribution in [0.5, 0.6) is 0 Å². The van der Waals surface area contributed by atoms with Gasteiger partial charge >= 0.3 is 5.69 Å². The summed E-state index contributed by atoms with van der Waals surface area (Å²) in [6, 6.07) is 3.63. The van der Waals surface area contributed by atoms with Crippen molar-refractivity contribution in [1.29, 1.82) is 0 Å². The molecule has 0 spiro atoms. The fraction of sp³-hybridized carbons (Fsp3) is 0.200. The zero-order chi connectivity index (χ0) is 14.7. The summed E-state index contributed by atoms with van der Waals surface area (Å²) in [6.07, 6.45) is 1.22. The van der Waals surface area contributed by atoms with Gasteiger partial charge in [-0.25, -0.2) is 15.8 Å². The molecule has 3 N–H and O–H groups in total. The molecule has 10 heteroatoms. The third-order valence-electron chi connectivity index (χ3n) is 2.51. The maximum atomic E-state index is 11.1. The van der Waals surface area contributed by atoms with E-state index in [0.717, 1.165) is 4.88 Å². The maximum Gasteiger partial charge on any atom is 0.354 e. The Kier molecular flexibility index (Phi) is 4.32. The van der Waals surface area contributed by atoms with Gasteiger partial charge in [-0.15, -0.1) is 11.3 Å². The molecule has 0 radical (unpaired) electrons. The van der Waals surface area contributed by atoms with Crippen LogP contribution in [0.1, 0.15) is 4.88 Å². The van der Waals surface area contributed by atoms with Crippen molar-refractivity contribution in [2.45, 2.75) is 6.54 Å². The SMILES string of the molecule is CN(Cc1ccc(Cl)s1)c1ncnc(NN)c1[N+](=O)[O-]. The minimum atomic E-state index is -0.567. The lowest BCUT2D eigenvalue weighted by molar-refractivity contribution is -0.383. The van der Waals surface area contributed by atoms with Gasteiger partial charge in [-0.3, -0.25) is 10.1 Å². The summed E-state index contributed by atoms with van der Waals surface area (Å²) in [5.41, 5.74) is 1.94. The number of hydrogen-bond donors (Lipinski definition) is 2. The highest BCUT2D eigenvalue weighted by molar-refractivity contribution is 7.16. The molecule has 0 aromatic carbocycles. The van der Waals surface area contributed by atoms with Crippen LogP contribution in [0.25, 0.3) is 0 Å². The lowest BCUT2D eigenvalue weighted by Gasteiger charge is -2.17. The van der Waals surface area contributed by atoms with Gasteiger partial charge in [0.1, 0.15) is 6.33 Å². The Hall–Kier alpha value is -1.97. The van der Waals surface area contributed by atoms with Crippen molar-refractivity contribution in [2.75, 3.05) is 17.4 Å². The first-order chi connectivity index (χ1) is 9.52. The van der Waals surface area contributed by atoms with E-state index in [4.69, 9.17) is 17.4 Å². The molecule has 0 aliphatic rings. The van der Waals surface area contributed by atoms with Gasteiger partial charge in [-0.05, 0) is 12.1 Å². The number of halogens is 1. The van der Waals surface area contributed by atoms with Crippen LogP contribution in [-0.2, 0) is 6.54 Å². The Morgan fingerprint density at radius 1 is 1.55 bits per heavy atom. The molecule has 0 aliphatic heterocycles. The molecule has 0 amide bonds. The highest BCUT2D eigenvalue weighted by Crippen LogP contribution is 2.32. The van der Waals surface area contributed by atoms with E-state index in [1.54, 1.807) is 18.0 Å². The summed E-state index contributed by atoms with van der Waals surface area (Å²) in [5, 5.41) is 11.1. The Balaban J connectivity index is 2.34. The minimum absolute atomic E-state index is 0.0314. The summed E-state index contributed by atoms with van der Waals surface area (Å²) < 4.78 is 0.662. The quantitative estimate of drug-likeness (QED) is 0.493. The van der Waals surface area contributed by atoms with Gasteiger partial charge in [0, 0.05) is 11.9 Å². The number of hydrazine groups is 1. The van der Waals surface area contributed by atoms with E-state index in [9.17, 15) is 10.1 Å². The van der Waals surface area contributed by atoms with Crippen molar-refractivity contribution in [1.82, 2.24) is 9.97 Å². The van der Waals surface area contributed by atoms with Gasteiger partial charge in [0.05, 0.1) is 15.8 Å². The summed E-state index contributed by atoms with van der Waals surface area (Å²) in [4.78, 5) is 20.9. The van der Waals surface area contributed by atoms with Crippen molar-refractivity contribution in [2.24, 2.45) is 5.84 Å². The summed E-state index contributed by atoms with van der Waals surface area (Å²) in [5.74, 6) is 5.39. The first-order valence-electron chi connectivity index (χ1n) is 5.44. The molecular weight excluding hydrogens is 304 g/mol. The minimum Gasteiger partial charge on any atom is -0.349 e. The van der Waals surface area contributed by atoms with Gasteiger partial charge < -0.3 is 10.3 Å². The van der Waals surface area contributed by atoms with Gasteiger partial charge in [0.15, 0.2) is 0 Å². The first-order valence-corrected chi connectivity index (χ1v) is 6.63. The number of nitrogens with two attached hydrogens (primary N) is 1. The molecule has 2 aromatic rings. The highest BCUT2D eigenvalue weighted by Gasteiger charge is 2.25. The van der Waals surface area contributed by atoms with Crippen LogP contribution >= 0.6 is 22.9 Å². The van der Waals surface area contributed by atoms with Crippen LogP contribution in [0, 0.1) is 10.1 Å². The van der Waals surface area contributed by atoms with Crippen molar-refractivity contribution in [3.63, 3.8) is 0 Å². The predicted molar refractivity (Wildman–Crippen MR) is 77.9 cm³/mol. The van der Waals surface area contributed by atoms with Crippen molar-refractivity contribution < 1.29 is 4.92 Å². The number of rotatable bonds is 5. The molecule has 2 heterocycles. The standard InChI is InChI=1S/C10H11ClN6O2S/c1-16(4-6-2-3-7(11)20-6)10-8(17(18)19)9(15-12)13-5-14-10/h2-3,5H,4,12H2,1H3,(H,13,14,15). The second-order valence-electron chi connectivity index (χ2n) is 3.86. The molecule has 0 aliphatic carbocycles. The average molecular weight is 315 g/mol. The van der Waals surface area contributed by atoms with Crippen molar-refractivity contribution in [3.8, 4) is 0 Å². The molecule has 0 fully saturated rings. The van der Waals surface area contributed by atoms with Crippen molar-refractivity contribution in [3.05, 3.63) is 37.8 Å². The molecule has 106 valence electrons. The average Bonchev–Trinajstić information content (AvgIpc) is 2.82. The molecule has 0 atom stereocenters. The number of thiophene rings is 1. The van der Waals surface area contributed by atoms with E-state index in [2.05, 4.69) is 15.4 Å². The highest BCUT2D eigenvalue weighted by atomic mass is 35.5. The first kappa shape index (κ1) is 14.4. The molecule has 0 unspecified atom stereocenters. The van der Waals surface area contributed by atoms with E-state index < -0.39 is 4.92 Å². The van der Waals surface area contributed by atoms with Crippen LogP contribution in [0.4, 0.5) is 17.3 Å². The van der Waals surface area contributed by atoms with E-state index in [-0.39, 0.29) is 17.3 Å². The molecule has 8 nitrogen and oxygen atoms in total. The number of hydrogen-bond acceptors (Lipinski definition) is 8. The number of nitrogens with one attached hydrogen (secondary N) is 1. The maximum absolute atomic E-state index is 11.1. The van der Waals surface area contributed by atoms with Gasteiger partial charge in [0.25, 0.3) is 0 Å². The number of nitrogen functional groups attached to an aromatic ring is 1. The van der Waals surface area contributed by atoms with Gasteiger partial charge in [-0.1, -0.05) is 11.6 Å². The van der Waals surface area contributed by atoms with Gasteiger partial charge in [-0.2, -0.15) is 0 Å². The third kappa shape index (κ3) is 2.95. The van der Waals surface area contributed by atoms with E-state index in [0.29, 0.717) is 10.9 Å². The molecule has 0 saturated heterocycles. The van der Waals surface area contributed by atoms with Crippen LogP contribution in [0.2, 0.25) is 4.34 Å². The lowest BCUT2D eigenvalue weighted by atomic mass is 10.3. The Morgan fingerprint density at radius 3 is 2.85 bits per heavy atom. The fourth-order valence-corrected chi connectivity index (χ4v) is 2.81. The van der Waals surface area contributed by atoms with E-state index in [1.165, 1.54) is 17.7 Å². The number of nitro groups is 1. The Labute approximate surface area is 123 Å². The normalized spacial score (nSPS) is 10.3. The van der Waals surface area contributed by atoms with E-state index in [1.807, 2.05) is 6.07 Å². The smallest absolute Gasteiger partial charge is 0.349 e. The number of anilines is 2. The lowest BCUT2D eigenvalue weighted by Crippen LogP contribution is -2.20. The molecular formula is C10H11ClN6O2S. The van der Waals surface area contributed by atoms with Crippen molar-refractivity contribution >= 4 is 40.3 Å². The molecule has 20 heavy (non-hydrogen) atoms. The summed E-state index contributed by atoms with van der Waals surface area (Å²) in [6.45, 7) is 0.444. The van der Waals surface area contributed by atoms with E-state index >= 15 is 0 Å². The van der Waals surface area contributed by atoms with Crippen LogP contribution in [0.3, 0.4) is 0 Å². The predicted octanol–water partition coefficient (Wildman–Crippen LogP) is 2.02. The molecule has 0 bridgehead atoms. The molecule has 2 rings (SSSR count). The van der Waals surface area contributed by atoms with Crippen LogP contribution < -0.4 is 16.2 Å².